The van der Waals surface area contributed by atoms with Crippen LogP contribution in [0.2, 0.25) is 0 Å². The molecule has 4 heteroatoms. The van der Waals surface area contributed by atoms with Crippen molar-refractivity contribution >= 4 is 16.7 Å². The molecular weight excluding hydrogens is 236 g/mol. The summed E-state index contributed by atoms with van der Waals surface area (Å²) in [6.45, 7) is 0. The van der Waals surface area contributed by atoms with E-state index in [4.69, 9.17) is 0 Å². The Balaban J connectivity index is 1.92. The lowest BCUT2D eigenvalue weighted by molar-refractivity contribution is 0.997. The first-order valence-electron chi connectivity index (χ1n) is 6.18. The van der Waals surface area contributed by atoms with E-state index < -0.39 is 0 Å². The maximum atomic E-state index is 4.64. The predicted molar refractivity (Wildman–Crippen MR) is 76.1 cm³/mol. The van der Waals surface area contributed by atoms with Gasteiger partial charge in [0.25, 0.3) is 0 Å². The molecule has 1 aromatic carbocycles. The number of aromatic nitrogens is 3. The van der Waals surface area contributed by atoms with Crippen LogP contribution in [0.5, 0.6) is 0 Å². The van der Waals surface area contributed by atoms with E-state index in [-0.39, 0.29) is 0 Å². The van der Waals surface area contributed by atoms with Gasteiger partial charge < -0.3 is 5.32 Å². The molecule has 0 atom stereocenters. The molecular formula is C15H14N4. The highest BCUT2D eigenvalue weighted by molar-refractivity contribution is 5.78. The van der Waals surface area contributed by atoms with Gasteiger partial charge in [-0.3, -0.25) is 9.97 Å². The van der Waals surface area contributed by atoms with Gasteiger partial charge in [0.1, 0.15) is 5.82 Å². The second kappa shape index (κ2) is 5.02. The number of para-hydroxylation sites is 1. The number of hydrogen-bond donors (Lipinski definition) is 1. The Morgan fingerprint density at radius 3 is 2.74 bits per heavy atom. The molecule has 3 aromatic rings. The largest absolute Gasteiger partial charge is 0.372 e. The molecule has 0 aliphatic heterocycles. The maximum absolute atomic E-state index is 4.64. The third-order valence-corrected chi connectivity index (χ3v) is 2.96. The number of nitrogens with zero attached hydrogens (tertiary/aromatic N) is 3. The van der Waals surface area contributed by atoms with Gasteiger partial charge in [0.2, 0.25) is 0 Å². The molecule has 3 rings (SSSR count). The first-order valence-corrected chi connectivity index (χ1v) is 6.18. The Labute approximate surface area is 111 Å². The van der Waals surface area contributed by atoms with Crippen molar-refractivity contribution in [3.63, 3.8) is 0 Å². The van der Waals surface area contributed by atoms with Gasteiger partial charge in [-0.1, -0.05) is 24.3 Å². The fourth-order valence-corrected chi connectivity index (χ4v) is 2.00. The highest BCUT2D eigenvalue weighted by Crippen LogP contribution is 2.14. The van der Waals surface area contributed by atoms with Crippen molar-refractivity contribution in [2.45, 2.75) is 6.42 Å². The summed E-state index contributed by atoms with van der Waals surface area (Å²) in [6.07, 6.45) is 4.17. The lowest BCUT2D eigenvalue weighted by atomic mass is 10.1. The molecule has 0 radical (unpaired) electrons. The molecule has 0 aliphatic rings. The fraction of sp³-hybridized carbons (Fsp3) is 0.133. The SMILES string of the molecule is CNc1cncc(Cc2ccc3ccccc3n2)n1. The number of fused-ring (bicyclic) bond motifs is 1. The van der Waals surface area contributed by atoms with E-state index in [9.17, 15) is 0 Å². The van der Waals surface area contributed by atoms with Gasteiger partial charge in [-0.15, -0.1) is 0 Å². The highest BCUT2D eigenvalue weighted by atomic mass is 15.0. The lowest BCUT2D eigenvalue weighted by Crippen LogP contribution is -2.00. The summed E-state index contributed by atoms with van der Waals surface area (Å²) in [5.74, 6) is 0.776. The molecule has 0 bridgehead atoms. The van der Waals surface area contributed by atoms with Crippen molar-refractivity contribution in [2.75, 3.05) is 12.4 Å². The molecule has 94 valence electrons. The summed E-state index contributed by atoms with van der Waals surface area (Å²) in [7, 11) is 1.84. The van der Waals surface area contributed by atoms with Crippen molar-refractivity contribution in [3.05, 3.63) is 60.2 Å². The van der Waals surface area contributed by atoms with Crippen LogP contribution < -0.4 is 5.32 Å². The van der Waals surface area contributed by atoms with Crippen molar-refractivity contribution < 1.29 is 0 Å². The molecule has 4 nitrogen and oxygen atoms in total. The number of benzene rings is 1. The van der Waals surface area contributed by atoms with Crippen molar-refractivity contribution in [1.82, 2.24) is 15.0 Å². The van der Waals surface area contributed by atoms with E-state index in [1.807, 2.05) is 31.3 Å². The van der Waals surface area contributed by atoms with E-state index >= 15 is 0 Å². The van der Waals surface area contributed by atoms with Crippen LogP contribution in [0.1, 0.15) is 11.4 Å². The molecule has 0 amide bonds. The smallest absolute Gasteiger partial charge is 0.144 e. The monoisotopic (exact) mass is 250 g/mol. The van der Waals surface area contributed by atoms with Gasteiger partial charge in [0, 0.05) is 30.7 Å². The van der Waals surface area contributed by atoms with Crippen LogP contribution in [0.4, 0.5) is 5.82 Å². The second-order valence-electron chi connectivity index (χ2n) is 4.32. The van der Waals surface area contributed by atoms with Gasteiger partial charge in [0.05, 0.1) is 17.4 Å². The Morgan fingerprint density at radius 1 is 0.947 bits per heavy atom. The summed E-state index contributed by atoms with van der Waals surface area (Å²) >= 11 is 0. The van der Waals surface area contributed by atoms with Crippen LogP contribution in [0.15, 0.2) is 48.8 Å². The average Bonchev–Trinajstić information content (AvgIpc) is 2.47. The predicted octanol–water partition coefficient (Wildman–Crippen LogP) is 2.66. The molecule has 2 aromatic heterocycles. The van der Waals surface area contributed by atoms with Gasteiger partial charge in [-0.2, -0.15) is 0 Å². The Morgan fingerprint density at radius 2 is 1.84 bits per heavy atom. The molecule has 0 spiro atoms. The van der Waals surface area contributed by atoms with Gasteiger partial charge in [-0.25, -0.2) is 4.98 Å². The third kappa shape index (κ3) is 2.52. The zero-order valence-electron chi connectivity index (χ0n) is 10.7. The fourth-order valence-electron chi connectivity index (χ4n) is 2.00. The van der Waals surface area contributed by atoms with Crippen LogP contribution in [-0.4, -0.2) is 22.0 Å². The number of anilines is 1. The zero-order valence-corrected chi connectivity index (χ0v) is 10.7. The van der Waals surface area contributed by atoms with E-state index in [1.165, 1.54) is 0 Å². The Kier molecular flexibility index (Phi) is 3.06. The summed E-state index contributed by atoms with van der Waals surface area (Å²) in [5.41, 5.74) is 2.92. The molecule has 0 aliphatic carbocycles. The van der Waals surface area contributed by atoms with Crippen molar-refractivity contribution in [2.24, 2.45) is 0 Å². The topological polar surface area (TPSA) is 50.7 Å². The molecule has 0 saturated carbocycles. The zero-order chi connectivity index (χ0) is 13.1. The highest BCUT2D eigenvalue weighted by Gasteiger charge is 2.02. The number of rotatable bonds is 3. The van der Waals surface area contributed by atoms with Gasteiger partial charge in [0.15, 0.2) is 0 Å². The quantitative estimate of drug-likeness (QED) is 0.776. The van der Waals surface area contributed by atoms with Crippen LogP contribution in [0, 0.1) is 0 Å². The van der Waals surface area contributed by atoms with E-state index in [0.717, 1.165) is 28.1 Å². The van der Waals surface area contributed by atoms with E-state index in [0.29, 0.717) is 6.42 Å². The van der Waals surface area contributed by atoms with E-state index in [2.05, 4.69) is 32.4 Å². The standard InChI is InChI=1S/C15H14N4/c1-16-15-10-17-9-13(19-15)8-12-7-6-11-4-2-3-5-14(11)18-12/h2-7,9-10H,8H2,1H3,(H,16,19). The van der Waals surface area contributed by atoms with Crippen molar-refractivity contribution in [1.29, 1.82) is 0 Å². The summed E-state index contributed by atoms with van der Waals surface area (Å²) in [5, 5.41) is 4.14. The van der Waals surface area contributed by atoms with Gasteiger partial charge in [-0.05, 0) is 12.1 Å². The molecule has 2 heterocycles. The number of pyridine rings is 1. The van der Waals surface area contributed by atoms with E-state index in [1.54, 1.807) is 12.4 Å². The van der Waals surface area contributed by atoms with Gasteiger partial charge >= 0.3 is 0 Å². The van der Waals surface area contributed by atoms with Crippen molar-refractivity contribution in [3.8, 4) is 0 Å². The molecule has 1 N–H and O–H groups in total. The molecule has 0 unspecified atom stereocenters. The normalized spacial score (nSPS) is 10.6. The minimum atomic E-state index is 0.688. The minimum absolute atomic E-state index is 0.688. The van der Waals surface area contributed by atoms with Crippen LogP contribution >= 0.6 is 0 Å². The molecule has 0 fully saturated rings. The Bertz CT molecular complexity index is 709. The van der Waals surface area contributed by atoms with Crippen LogP contribution in [-0.2, 0) is 6.42 Å². The average molecular weight is 250 g/mol. The van der Waals surface area contributed by atoms with Crippen LogP contribution in [0.3, 0.4) is 0 Å². The number of hydrogen-bond acceptors (Lipinski definition) is 4. The second-order valence-corrected chi connectivity index (χ2v) is 4.32. The maximum Gasteiger partial charge on any atom is 0.144 e. The third-order valence-electron chi connectivity index (χ3n) is 2.96. The Hall–Kier alpha value is -2.49. The molecule has 19 heavy (non-hydrogen) atoms. The summed E-state index contributed by atoms with van der Waals surface area (Å²) in [4.78, 5) is 13.3. The first-order chi connectivity index (χ1) is 9.35. The lowest BCUT2D eigenvalue weighted by Gasteiger charge is -2.04. The number of nitrogens with one attached hydrogen (secondary N) is 1. The summed E-state index contributed by atoms with van der Waals surface area (Å²) < 4.78 is 0. The minimum Gasteiger partial charge on any atom is -0.372 e. The first kappa shape index (κ1) is 11.6. The molecule has 0 saturated heterocycles. The van der Waals surface area contributed by atoms with Crippen LogP contribution in [0.25, 0.3) is 10.9 Å². The summed E-state index contributed by atoms with van der Waals surface area (Å²) in [6, 6.07) is 12.2.